The van der Waals surface area contributed by atoms with Crippen molar-refractivity contribution in [2.24, 2.45) is 0 Å². The van der Waals surface area contributed by atoms with Gasteiger partial charge in [0, 0.05) is 24.7 Å². The van der Waals surface area contributed by atoms with Gasteiger partial charge in [0.05, 0.1) is 20.1 Å². The molecule has 0 aliphatic carbocycles. The number of carbonyl (C=O) groups is 1. The highest BCUT2D eigenvalue weighted by molar-refractivity contribution is 5.96. The maximum Gasteiger partial charge on any atom is 0.232 e. The van der Waals surface area contributed by atoms with Crippen molar-refractivity contribution in [3.8, 4) is 11.5 Å². The van der Waals surface area contributed by atoms with E-state index < -0.39 is 0 Å². The summed E-state index contributed by atoms with van der Waals surface area (Å²) in [6, 6.07) is 5.41. The summed E-state index contributed by atoms with van der Waals surface area (Å²) in [7, 11) is 3.14. The highest BCUT2D eigenvalue weighted by Gasteiger charge is 2.35. The Morgan fingerprint density at radius 2 is 2.05 bits per heavy atom. The van der Waals surface area contributed by atoms with Gasteiger partial charge in [0.2, 0.25) is 11.8 Å². The topological polar surface area (TPSA) is 77.7 Å². The van der Waals surface area contributed by atoms with Crippen LogP contribution < -0.4 is 14.4 Å². The van der Waals surface area contributed by atoms with Gasteiger partial charge in [-0.3, -0.25) is 4.79 Å². The van der Waals surface area contributed by atoms with E-state index in [0.717, 1.165) is 5.69 Å². The molecule has 7 nitrogen and oxygen atoms in total. The molecule has 1 aromatic heterocycles. The number of aromatic nitrogens is 2. The second kappa shape index (κ2) is 5.67. The monoisotopic (exact) mass is 303 g/mol. The predicted octanol–water partition coefficient (Wildman–Crippen LogP) is 1.92. The van der Waals surface area contributed by atoms with Crippen molar-refractivity contribution in [1.82, 2.24) is 10.1 Å². The smallest absolute Gasteiger partial charge is 0.232 e. The van der Waals surface area contributed by atoms with Gasteiger partial charge in [0.1, 0.15) is 0 Å². The van der Waals surface area contributed by atoms with E-state index >= 15 is 0 Å². The van der Waals surface area contributed by atoms with Crippen LogP contribution in [-0.4, -0.2) is 36.8 Å². The fraction of sp³-hybridized carbons (Fsp3) is 0.400. The molecule has 3 rings (SSSR count). The minimum Gasteiger partial charge on any atom is -0.493 e. The van der Waals surface area contributed by atoms with Crippen molar-refractivity contribution < 1.29 is 18.8 Å². The van der Waals surface area contributed by atoms with Crippen LogP contribution >= 0.6 is 0 Å². The van der Waals surface area contributed by atoms with Gasteiger partial charge in [-0.05, 0) is 19.1 Å². The third-order valence-electron chi connectivity index (χ3n) is 3.70. The first kappa shape index (κ1) is 14.4. The van der Waals surface area contributed by atoms with E-state index in [-0.39, 0.29) is 11.8 Å². The van der Waals surface area contributed by atoms with Crippen molar-refractivity contribution in [3.05, 3.63) is 29.9 Å². The molecule has 1 atom stereocenters. The van der Waals surface area contributed by atoms with Crippen molar-refractivity contribution in [2.45, 2.75) is 19.3 Å². The lowest BCUT2D eigenvalue weighted by Crippen LogP contribution is -2.24. The molecule has 1 amide bonds. The van der Waals surface area contributed by atoms with E-state index in [0.29, 0.717) is 36.2 Å². The van der Waals surface area contributed by atoms with Crippen molar-refractivity contribution in [2.75, 3.05) is 25.7 Å². The van der Waals surface area contributed by atoms with Crippen LogP contribution in [0.2, 0.25) is 0 Å². The summed E-state index contributed by atoms with van der Waals surface area (Å²) in [6.07, 6.45) is 0.357. The first-order chi connectivity index (χ1) is 10.6. The zero-order chi connectivity index (χ0) is 15.7. The summed E-state index contributed by atoms with van der Waals surface area (Å²) >= 11 is 0. The number of hydrogen-bond acceptors (Lipinski definition) is 6. The molecule has 0 bridgehead atoms. The minimum absolute atomic E-state index is 0.0214. The molecular weight excluding hydrogens is 286 g/mol. The average molecular weight is 303 g/mol. The third kappa shape index (κ3) is 2.49. The second-order valence-corrected chi connectivity index (χ2v) is 5.12. The highest BCUT2D eigenvalue weighted by atomic mass is 16.5. The normalized spacial score (nSPS) is 17.9. The van der Waals surface area contributed by atoms with E-state index in [1.807, 2.05) is 6.07 Å². The van der Waals surface area contributed by atoms with Crippen LogP contribution in [0.5, 0.6) is 11.5 Å². The van der Waals surface area contributed by atoms with Gasteiger partial charge in [0.15, 0.2) is 17.3 Å². The fourth-order valence-corrected chi connectivity index (χ4v) is 2.59. The molecule has 0 radical (unpaired) electrons. The van der Waals surface area contributed by atoms with Crippen LogP contribution in [0.3, 0.4) is 0 Å². The van der Waals surface area contributed by atoms with E-state index in [4.69, 9.17) is 14.0 Å². The number of nitrogens with zero attached hydrogens (tertiary/aromatic N) is 3. The second-order valence-electron chi connectivity index (χ2n) is 5.12. The molecule has 1 fully saturated rings. The third-order valence-corrected chi connectivity index (χ3v) is 3.70. The number of rotatable bonds is 4. The van der Waals surface area contributed by atoms with E-state index in [2.05, 4.69) is 10.1 Å². The maximum absolute atomic E-state index is 12.3. The standard InChI is InChI=1S/C15H17N3O4/c1-9-16-15(22-17-9)10-6-14(19)18(8-10)11-4-5-12(20-2)13(7-11)21-3/h4-5,7,10H,6,8H2,1-3H3. The Morgan fingerprint density at radius 1 is 1.27 bits per heavy atom. The molecule has 1 saturated heterocycles. The molecule has 2 aromatic rings. The summed E-state index contributed by atoms with van der Waals surface area (Å²) in [5.74, 6) is 2.24. The molecule has 1 unspecified atom stereocenters. The Balaban J connectivity index is 1.85. The van der Waals surface area contributed by atoms with E-state index in [1.54, 1.807) is 38.2 Å². The molecule has 1 aliphatic heterocycles. The summed E-state index contributed by atoms with van der Waals surface area (Å²) in [4.78, 5) is 18.2. The molecule has 1 aliphatic rings. The number of aryl methyl sites for hydroxylation is 1. The van der Waals surface area contributed by atoms with Crippen LogP contribution in [0.4, 0.5) is 5.69 Å². The van der Waals surface area contributed by atoms with Crippen LogP contribution in [0.1, 0.15) is 24.1 Å². The van der Waals surface area contributed by atoms with Gasteiger partial charge >= 0.3 is 0 Å². The van der Waals surface area contributed by atoms with Gasteiger partial charge in [-0.25, -0.2) is 0 Å². The van der Waals surface area contributed by atoms with Crippen molar-refractivity contribution in [3.63, 3.8) is 0 Å². The van der Waals surface area contributed by atoms with Crippen molar-refractivity contribution >= 4 is 11.6 Å². The maximum atomic E-state index is 12.3. The molecule has 1 aromatic carbocycles. The van der Waals surface area contributed by atoms with Gasteiger partial charge in [0.25, 0.3) is 0 Å². The molecule has 0 spiro atoms. The van der Waals surface area contributed by atoms with Crippen LogP contribution in [0, 0.1) is 6.92 Å². The molecule has 0 N–H and O–H groups in total. The number of carbonyl (C=O) groups excluding carboxylic acids is 1. The summed E-state index contributed by atoms with van der Waals surface area (Å²) in [5.41, 5.74) is 0.765. The Kier molecular flexibility index (Phi) is 3.70. The quantitative estimate of drug-likeness (QED) is 0.858. The first-order valence-corrected chi connectivity index (χ1v) is 6.95. The lowest BCUT2D eigenvalue weighted by atomic mass is 10.1. The zero-order valence-electron chi connectivity index (χ0n) is 12.7. The molecule has 2 heterocycles. The number of amides is 1. The van der Waals surface area contributed by atoms with Gasteiger partial charge < -0.3 is 18.9 Å². The number of ether oxygens (including phenoxy) is 2. The Morgan fingerprint density at radius 3 is 2.68 bits per heavy atom. The van der Waals surface area contributed by atoms with Crippen LogP contribution in [-0.2, 0) is 4.79 Å². The Labute approximate surface area is 127 Å². The number of anilines is 1. The summed E-state index contributed by atoms with van der Waals surface area (Å²) < 4.78 is 15.7. The Bertz CT molecular complexity index is 698. The van der Waals surface area contributed by atoms with Crippen molar-refractivity contribution in [1.29, 1.82) is 0 Å². The van der Waals surface area contributed by atoms with E-state index in [1.165, 1.54) is 0 Å². The van der Waals surface area contributed by atoms with Gasteiger partial charge in [-0.1, -0.05) is 5.16 Å². The minimum atomic E-state index is -0.0817. The molecule has 116 valence electrons. The van der Waals surface area contributed by atoms with E-state index in [9.17, 15) is 4.79 Å². The number of benzene rings is 1. The molecule has 7 heteroatoms. The molecule has 22 heavy (non-hydrogen) atoms. The number of hydrogen-bond donors (Lipinski definition) is 0. The summed E-state index contributed by atoms with van der Waals surface area (Å²) in [5, 5.41) is 3.78. The number of methoxy groups -OCH3 is 2. The lowest BCUT2D eigenvalue weighted by Gasteiger charge is -2.18. The SMILES string of the molecule is COc1ccc(N2CC(c3nc(C)no3)CC2=O)cc1OC. The highest BCUT2D eigenvalue weighted by Crippen LogP contribution is 2.36. The average Bonchev–Trinajstić information content (AvgIpc) is 3.12. The van der Waals surface area contributed by atoms with Crippen LogP contribution in [0.15, 0.2) is 22.7 Å². The lowest BCUT2D eigenvalue weighted by molar-refractivity contribution is -0.117. The van der Waals surface area contributed by atoms with Crippen LogP contribution in [0.25, 0.3) is 0 Å². The summed E-state index contributed by atoms with van der Waals surface area (Å²) in [6.45, 7) is 2.27. The molecular formula is C15H17N3O4. The zero-order valence-corrected chi connectivity index (χ0v) is 12.7. The Hall–Kier alpha value is -2.57. The molecule has 0 saturated carbocycles. The fourth-order valence-electron chi connectivity index (χ4n) is 2.59. The van der Waals surface area contributed by atoms with Gasteiger partial charge in [-0.2, -0.15) is 4.98 Å². The largest absolute Gasteiger partial charge is 0.493 e. The predicted molar refractivity (Wildman–Crippen MR) is 78.3 cm³/mol. The van der Waals surface area contributed by atoms with Gasteiger partial charge in [-0.15, -0.1) is 0 Å². The first-order valence-electron chi connectivity index (χ1n) is 6.95.